The zero-order valence-electron chi connectivity index (χ0n) is 15.2. The van der Waals surface area contributed by atoms with Crippen molar-refractivity contribution in [2.24, 2.45) is 0 Å². The molecule has 0 radical (unpaired) electrons. The van der Waals surface area contributed by atoms with Gasteiger partial charge in [-0.1, -0.05) is 6.07 Å². The molecule has 1 amide bonds. The van der Waals surface area contributed by atoms with Crippen molar-refractivity contribution in [2.75, 3.05) is 26.4 Å². The largest absolute Gasteiger partial charge is 0.486 e. The van der Waals surface area contributed by atoms with E-state index in [4.69, 9.17) is 14.2 Å². The predicted molar refractivity (Wildman–Crippen MR) is 97.8 cm³/mol. The number of esters is 1. The number of halogens is 1. The molecule has 2 aromatic carbocycles. The number of amides is 1. The van der Waals surface area contributed by atoms with Gasteiger partial charge in [0.15, 0.2) is 18.1 Å². The summed E-state index contributed by atoms with van der Waals surface area (Å²) < 4.78 is 29.2. The van der Waals surface area contributed by atoms with Crippen LogP contribution >= 0.6 is 0 Å². The summed E-state index contributed by atoms with van der Waals surface area (Å²) in [6, 6.07) is 10.6. The fraction of sp³-hybridized carbons (Fsp3) is 0.333. The first-order valence-electron chi connectivity index (χ1n) is 9.23. The summed E-state index contributed by atoms with van der Waals surface area (Å²) in [7, 11) is 0. The van der Waals surface area contributed by atoms with Crippen LogP contribution < -0.4 is 9.47 Å². The molecule has 1 atom stereocenters. The van der Waals surface area contributed by atoms with Crippen molar-refractivity contribution in [2.45, 2.75) is 18.9 Å². The average Bonchev–Trinajstić information content (AvgIpc) is 3.22. The first-order chi connectivity index (χ1) is 13.6. The van der Waals surface area contributed by atoms with Crippen LogP contribution in [0.5, 0.6) is 11.5 Å². The molecule has 4 rings (SSSR count). The molecule has 2 heterocycles. The Balaban J connectivity index is 1.41. The van der Waals surface area contributed by atoms with E-state index in [-0.39, 0.29) is 24.1 Å². The van der Waals surface area contributed by atoms with Crippen molar-refractivity contribution >= 4 is 11.9 Å². The van der Waals surface area contributed by atoms with E-state index < -0.39 is 11.8 Å². The summed E-state index contributed by atoms with van der Waals surface area (Å²) in [6.45, 7) is 1.28. The molecular formula is C21H20FNO5. The van der Waals surface area contributed by atoms with Gasteiger partial charge in [-0.2, -0.15) is 0 Å². The van der Waals surface area contributed by atoms with Gasteiger partial charge in [-0.25, -0.2) is 9.18 Å². The van der Waals surface area contributed by atoms with Crippen LogP contribution in [0.25, 0.3) is 0 Å². The zero-order chi connectivity index (χ0) is 19.5. The molecule has 7 heteroatoms. The van der Waals surface area contributed by atoms with Crippen LogP contribution in [0, 0.1) is 5.82 Å². The molecule has 0 bridgehead atoms. The second-order valence-electron chi connectivity index (χ2n) is 6.73. The van der Waals surface area contributed by atoms with Crippen molar-refractivity contribution < 1.29 is 28.2 Å². The number of carbonyl (C=O) groups excluding carboxylic acids is 2. The second-order valence-corrected chi connectivity index (χ2v) is 6.73. The Morgan fingerprint density at radius 1 is 1.07 bits per heavy atom. The third kappa shape index (κ3) is 3.78. The van der Waals surface area contributed by atoms with E-state index in [9.17, 15) is 14.0 Å². The fourth-order valence-electron chi connectivity index (χ4n) is 3.56. The maximum Gasteiger partial charge on any atom is 0.338 e. The lowest BCUT2D eigenvalue weighted by molar-refractivity contribution is -0.135. The number of likely N-dealkylation sites (tertiary alicyclic amines) is 1. The van der Waals surface area contributed by atoms with Crippen LogP contribution in [0.2, 0.25) is 0 Å². The van der Waals surface area contributed by atoms with Crippen LogP contribution in [0.3, 0.4) is 0 Å². The van der Waals surface area contributed by atoms with Gasteiger partial charge < -0.3 is 19.1 Å². The number of rotatable bonds is 4. The average molecular weight is 385 g/mol. The number of carbonyl (C=O) groups is 2. The number of ether oxygens (including phenoxy) is 3. The van der Waals surface area contributed by atoms with Gasteiger partial charge >= 0.3 is 5.97 Å². The van der Waals surface area contributed by atoms with Gasteiger partial charge in [0.05, 0.1) is 11.6 Å². The van der Waals surface area contributed by atoms with E-state index in [0.29, 0.717) is 31.3 Å². The molecule has 2 aliphatic rings. The molecule has 0 aromatic heterocycles. The fourth-order valence-corrected chi connectivity index (χ4v) is 3.56. The van der Waals surface area contributed by atoms with Crippen LogP contribution in [0.4, 0.5) is 4.39 Å². The third-order valence-corrected chi connectivity index (χ3v) is 4.93. The van der Waals surface area contributed by atoms with Gasteiger partial charge in [0, 0.05) is 6.54 Å². The standard InChI is InChI=1S/C21H20FNO5/c22-16-6-3-14(4-7-16)21(25)28-13-20(24)23-9-1-2-17(23)15-5-8-18-19(12-15)27-11-10-26-18/h3-8,12,17H,1-2,9-11,13H2. The van der Waals surface area contributed by atoms with Gasteiger partial charge in [0.25, 0.3) is 5.91 Å². The number of hydrogen-bond donors (Lipinski definition) is 0. The number of fused-ring (bicyclic) bond motifs is 1. The van der Waals surface area contributed by atoms with Crippen LogP contribution in [0.1, 0.15) is 34.8 Å². The van der Waals surface area contributed by atoms with Crippen molar-refractivity contribution in [1.29, 1.82) is 0 Å². The minimum Gasteiger partial charge on any atom is -0.486 e. The lowest BCUT2D eigenvalue weighted by Crippen LogP contribution is -2.34. The molecule has 0 spiro atoms. The molecule has 28 heavy (non-hydrogen) atoms. The first kappa shape index (κ1) is 18.3. The molecule has 146 valence electrons. The highest BCUT2D eigenvalue weighted by Gasteiger charge is 2.31. The maximum absolute atomic E-state index is 12.9. The van der Waals surface area contributed by atoms with Gasteiger partial charge in [0.1, 0.15) is 19.0 Å². The zero-order valence-corrected chi connectivity index (χ0v) is 15.2. The third-order valence-electron chi connectivity index (χ3n) is 4.93. The highest BCUT2D eigenvalue weighted by molar-refractivity contribution is 5.91. The van der Waals surface area contributed by atoms with Crippen LogP contribution in [-0.4, -0.2) is 43.1 Å². The smallest absolute Gasteiger partial charge is 0.338 e. The molecule has 6 nitrogen and oxygen atoms in total. The van der Waals surface area contributed by atoms with Crippen molar-refractivity contribution in [3.63, 3.8) is 0 Å². The van der Waals surface area contributed by atoms with Gasteiger partial charge in [-0.05, 0) is 54.8 Å². The van der Waals surface area contributed by atoms with Crippen LogP contribution in [-0.2, 0) is 9.53 Å². The second kappa shape index (κ2) is 7.88. The number of nitrogens with zero attached hydrogens (tertiary/aromatic N) is 1. The lowest BCUT2D eigenvalue weighted by Gasteiger charge is -2.26. The number of hydrogen-bond acceptors (Lipinski definition) is 5. The Morgan fingerprint density at radius 3 is 2.61 bits per heavy atom. The summed E-state index contributed by atoms with van der Waals surface area (Å²) in [5.74, 6) is 0.0492. The Hall–Kier alpha value is -3.09. The van der Waals surface area contributed by atoms with Gasteiger partial charge in [0.2, 0.25) is 0 Å². The highest BCUT2D eigenvalue weighted by atomic mass is 19.1. The van der Waals surface area contributed by atoms with E-state index in [1.807, 2.05) is 18.2 Å². The normalized spacial score (nSPS) is 18.0. The summed E-state index contributed by atoms with van der Waals surface area (Å²) >= 11 is 0. The molecule has 0 saturated carbocycles. The van der Waals surface area contributed by atoms with Crippen molar-refractivity contribution in [1.82, 2.24) is 4.90 Å². The SMILES string of the molecule is O=C(OCC(=O)N1CCCC1c1ccc2c(c1)OCCO2)c1ccc(F)cc1. The monoisotopic (exact) mass is 385 g/mol. The topological polar surface area (TPSA) is 65.1 Å². The van der Waals surface area contributed by atoms with E-state index in [1.165, 1.54) is 24.3 Å². The van der Waals surface area contributed by atoms with E-state index in [2.05, 4.69) is 0 Å². The molecule has 2 aliphatic heterocycles. The van der Waals surface area contributed by atoms with Gasteiger partial charge in [-0.15, -0.1) is 0 Å². The number of benzene rings is 2. The van der Waals surface area contributed by atoms with E-state index in [1.54, 1.807) is 4.90 Å². The molecule has 1 fully saturated rings. The first-order valence-corrected chi connectivity index (χ1v) is 9.23. The quantitative estimate of drug-likeness (QED) is 0.757. The Morgan fingerprint density at radius 2 is 1.82 bits per heavy atom. The molecule has 1 saturated heterocycles. The predicted octanol–water partition coefficient (Wildman–Crippen LogP) is 3.12. The Bertz CT molecular complexity index is 883. The summed E-state index contributed by atoms with van der Waals surface area (Å²) in [5, 5.41) is 0. The summed E-state index contributed by atoms with van der Waals surface area (Å²) in [4.78, 5) is 26.4. The highest BCUT2D eigenvalue weighted by Crippen LogP contribution is 2.38. The molecule has 0 N–H and O–H groups in total. The Kier molecular flexibility index (Phi) is 5.14. The minimum atomic E-state index is -0.650. The van der Waals surface area contributed by atoms with E-state index >= 15 is 0 Å². The summed E-state index contributed by atoms with van der Waals surface area (Å²) in [6.07, 6.45) is 1.70. The van der Waals surface area contributed by atoms with E-state index in [0.717, 1.165) is 18.4 Å². The minimum absolute atomic E-state index is 0.0900. The van der Waals surface area contributed by atoms with Crippen LogP contribution in [0.15, 0.2) is 42.5 Å². The molecular weight excluding hydrogens is 365 g/mol. The molecule has 0 aliphatic carbocycles. The Labute approximate surface area is 161 Å². The maximum atomic E-state index is 12.9. The molecule has 2 aromatic rings. The van der Waals surface area contributed by atoms with Crippen molar-refractivity contribution in [3.05, 3.63) is 59.4 Å². The lowest BCUT2D eigenvalue weighted by atomic mass is 10.0. The van der Waals surface area contributed by atoms with Gasteiger partial charge in [-0.3, -0.25) is 4.79 Å². The van der Waals surface area contributed by atoms with Crippen molar-refractivity contribution in [3.8, 4) is 11.5 Å². The summed E-state index contributed by atoms with van der Waals surface area (Å²) in [5.41, 5.74) is 1.18. The molecule has 1 unspecified atom stereocenters.